The molecule has 9 aromatic rings. The third-order valence-corrected chi connectivity index (χ3v) is 13.8. The molecule has 7 nitrogen and oxygen atoms in total. The molecule has 0 unspecified atom stereocenters. The molecule has 6 aromatic carbocycles. The number of unbranched alkanes of at least 4 members (excludes halogenated alkanes) is 10. The molecular weight excluding hydrogens is 787 g/mol. The molecule has 0 bridgehead atoms. The minimum Gasteiger partial charge on any atom is -0.416 e. The lowest BCUT2D eigenvalue weighted by molar-refractivity contribution is 0.398. The Balaban J connectivity index is 1.03. The first-order chi connectivity index (χ1) is 31.6. The van der Waals surface area contributed by atoms with Crippen molar-refractivity contribution in [2.24, 2.45) is 0 Å². The van der Waals surface area contributed by atoms with Crippen molar-refractivity contribution in [3.8, 4) is 56.9 Å². The maximum Gasteiger partial charge on any atom is 0.248 e. The summed E-state index contributed by atoms with van der Waals surface area (Å²) in [6, 6.07) is 43.0. The number of rotatable bonds is 19. The SMILES string of the molecule is C=Cn1c2ccccc2c2cc(-c3nnc(-c4ccc5c(c4)C(CCCCCCCC)(CCCCCCCC)c4cc(-c6nnc(-c7cccc8ccccc78)o6)ccc4-5)o3)ccc21. The summed E-state index contributed by atoms with van der Waals surface area (Å²) in [6.07, 6.45) is 19.0. The summed E-state index contributed by atoms with van der Waals surface area (Å²) < 4.78 is 15.3. The van der Waals surface area contributed by atoms with Crippen molar-refractivity contribution in [1.82, 2.24) is 25.0 Å². The van der Waals surface area contributed by atoms with E-state index in [1.54, 1.807) is 0 Å². The van der Waals surface area contributed by atoms with Crippen molar-refractivity contribution in [3.63, 3.8) is 0 Å². The van der Waals surface area contributed by atoms with Gasteiger partial charge < -0.3 is 13.4 Å². The average molecular weight is 844 g/mol. The fraction of sp³-hybridized carbons (Fsp3) is 0.298. The molecule has 1 aliphatic rings. The van der Waals surface area contributed by atoms with E-state index in [4.69, 9.17) is 13.9 Å². The van der Waals surface area contributed by atoms with Crippen LogP contribution in [0.15, 0.2) is 137 Å². The minimum absolute atomic E-state index is 0.196. The lowest BCUT2D eigenvalue weighted by atomic mass is 9.70. The Labute approximate surface area is 376 Å². The number of hydrogen-bond donors (Lipinski definition) is 0. The van der Waals surface area contributed by atoms with Crippen LogP contribution in [0, 0.1) is 0 Å². The number of benzene rings is 6. The number of fused-ring (bicyclic) bond motifs is 7. The summed E-state index contributed by atoms with van der Waals surface area (Å²) >= 11 is 0. The number of hydrogen-bond acceptors (Lipinski definition) is 6. The summed E-state index contributed by atoms with van der Waals surface area (Å²) in [7, 11) is 0. The van der Waals surface area contributed by atoms with Crippen LogP contribution in [-0.4, -0.2) is 25.0 Å². The van der Waals surface area contributed by atoms with E-state index < -0.39 is 0 Å². The lowest BCUT2D eigenvalue weighted by Gasteiger charge is -2.33. The highest BCUT2D eigenvalue weighted by Crippen LogP contribution is 2.56. The highest BCUT2D eigenvalue weighted by Gasteiger charge is 2.43. The Kier molecular flexibility index (Phi) is 11.8. The Morgan fingerprint density at radius 1 is 0.469 bits per heavy atom. The van der Waals surface area contributed by atoms with E-state index in [1.165, 1.54) is 86.5 Å². The molecule has 10 rings (SSSR count). The average Bonchev–Trinajstić information content (AvgIpc) is 4.15. The Bertz CT molecular complexity index is 3070. The largest absolute Gasteiger partial charge is 0.416 e. The van der Waals surface area contributed by atoms with Gasteiger partial charge in [0.1, 0.15) is 0 Å². The topological polar surface area (TPSA) is 82.8 Å². The second-order valence-electron chi connectivity index (χ2n) is 17.8. The van der Waals surface area contributed by atoms with Gasteiger partial charge in [0.05, 0.1) is 11.0 Å². The van der Waals surface area contributed by atoms with E-state index >= 15 is 0 Å². The number of nitrogens with zero attached hydrogens (tertiary/aromatic N) is 5. The van der Waals surface area contributed by atoms with Crippen LogP contribution in [0.2, 0.25) is 0 Å². The van der Waals surface area contributed by atoms with Crippen molar-refractivity contribution < 1.29 is 8.83 Å². The van der Waals surface area contributed by atoms with Gasteiger partial charge in [0.2, 0.25) is 23.6 Å². The first-order valence-corrected chi connectivity index (χ1v) is 23.7. The molecule has 0 radical (unpaired) electrons. The monoisotopic (exact) mass is 843 g/mol. The normalized spacial score (nSPS) is 13.0. The van der Waals surface area contributed by atoms with Gasteiger partial charge in [0.15, 0.2) is 0 Å². The summed E-state index contributed by atoms with van der Waals surface area (Å²) in [5.41, 5.74) is 11.1. The van der Waals surface area contributed by atoms with Crippen molar-refractivity contribution in [2.45, 2.75) is 109 Å². The van der Waals surface area contributed by atoms with Crippen molar-refractivity contribution in [3.05, 3.63) is 139 Å². The van der Waals surface area contributed by atoms with E-state index in [9.17, 15) is 0 Å². The zero-order chi connectivity index (χ0) is 43.5. The smallest absolute Gasteiger partial charge is 0.248 e. The minimum atomic E-state index is -0.196. The molecule has 64 heavy (non-hydrogen) atoms. The van der Waals surface area contributed by atoms with Gasteiger partial charge in [0, 0.05) is 44.6 Å². The molecule has 3 aromatic heterocycles. The molecule has 0 N–H and O–H groups in total. The van der Waals surface area contributed by atoms with Crippen LogP contribution >= 0.6 is 0 Å². The van der Waals surface area contributed by atoms with Crippen LogP contribution < -0.4 is 0 Å². The molecule has 322 valence electrons. The highest BCUT2D eigenvalue weighted by molar-refractivity contribution is 6.10. The van der Waals surface area contributed by atoms with Gasteiger partial charge in [-0.15, -0.1) is 20.4 Å². The third kappa shape index (κ3) is 7.65. The summed E-state index contributed by atoms with van der Waals surface area (Å²) in [6.45, 7) is 8.66. The first-order valence-electron chi connectivity index (χ1n) is 23.7. The molecule has 0 atom stereocenters. The summed E-state index contributed by atoms with van der Waals surface area (Å²) in [5.74, 6) is 2.12. The predicted molar refractivity (Wildman–Crippen MR) is 263 cm³/mol. The van der Waals surface area contributed by atoms with Crippen molar-refractivity contribution in [1.29, 1.82) is 0 Å². The Morgan fingerprint density at radius 3 is 1.61 bits per heavy atom. The first kappa shape index (κ1) is 41.4. The van der Waals surface area contributed by atoms with Gasteiger partial charge in [-0.05, 0) is 100 Å². The Hall–Kier alpha value is -6.60. The van der Waals surface area contributed by atoms with E-state index in [-0.39, 0.29) is 5.41 Å². The van der Waals surface area contributed by atoms with E-state index in [1.807, 2.05) is 6.20 Å². The molecule has 1 aliphatic carbocycles. The second-order valence-corrected chi connectivity index (χ2v) is 17.8. The van der Waals surface area contributed by atoms with Crippen molar-refractivity contribution in [2.75, 3.05) is 0 Å². The maximum atomic E-state index is 6.59. The molecule has 0 aliphatic heterocycles. The zero-order valence-corrected chi connectivity index (χ0v) is 37.3. The fourth-order valence-electron chi connectivity index (χ4n) is 10.5. The van der Waals surface area contributed by atoms with Crippen molar-refractivity contribution >= 4 is 38.8 Å². The van der Waals surface area contributed by atoms with E-state index in [0.29, 0.717) is 23.6 Å². The van der Waals surface area contributed by atoms with Gasteiger partial charge >= 0.3 is 0 Å². The molecule has 0 fully saturated rings. The highest BCUT2D eigenvalue weighted by atomic mass is 16.4. The van der Waals surface area contributed by atoms with Crippen LogP contribution in [0.1, 0.15) is 115 Å². The zero-order valence-electron chi connectivity index (χ0n) is 37.3. The predicted octanol–water partition coefficient (Wildman–Crippen LogP) is 16.2. The Morgan fingerprint density at radius 2 is 0.969 bits per heavy atom. The maximum absolute atomic E-state index is 6.59. The quantitative estimate of drug-likeness (QED) is 0.0754. The lowest BCUT2D eigenvalue weighted by Crippen LogP contribution is -2.25. The second kappa shape index (κ2) is 18.2. The molecule has 0 spiro atoms. The third-order valence-electron chi connectivity index (χ3n) is 13.8. The van der Waals surface area contributed by atoms with Gasteiger partial charge in [0.25, 0.3) is 0 Å². The van der Waals surface area contributed by atoms with Crippen LogP contribution in [0.4, 0.5) is 0 Å². The fourth-order valence-corrected chi connectivity index (χ4v) is 10.5. The summed E-state index contributed by atoms with van der Waals surface area (Å²) in [4.78, 5) is 0. The molecular formula is C57H57N5O2. The van der Waals surface area contributed by atoms with Gasteiger partial charge in [-0.2, -0.15) is 0 Å². The molecule has 0 saturated heterocycles. The number of aromatic nitrogens is 5. The molecule has 0 saturated carbocycles. The molecule has 3 heterocycles. The van der Waals surface area contributed by atoms with Gasteiger partial charge in [-0.1, -0.05) is 164 Å². The van der Waals surface area contributed by atoms with Crippen LogP contribution in [0.3, 0.4) is 0 Å². The number of para-hydroxylation sites is 1. The van der Waals surface area contributed by atoms with Gasteiger partial charge in [-0.25, -0.2) is 0 Å². The summed E-state index contributed by atoms with van der Waals surface area (Å²) in [5, 5.41) is 23.1. The molecule has 0 amide bonds. The van der Waals surface area contributed by atoms with Crippen LogP contribution in [-0.2, 0) is 5.41 Å². The van der Waals surface area contributed by atoms with E-state index in [2.05, 4.69) is 162 Å². The molecule has 7 heteroatoms. The van der Waals surface area contributed by atoms with Crippen LogP contribution in [0.25, 0.3) is 95.7 Å². The van der Waals surface area contributed by atoms with E-state index in [0.717, 1.165) is 80.5 Å². The van der Waals surface area contributed by atoms with Crippen LogP contribution in [0.5, 0.6) is 0 Å². The van der Waals surface area contributed by atoms with Gasteiger partial charge in [-0.3, -0.25) is 0 Å². The standard InChI is InChI=1S/C57H57N5O2/c1-4-7-9-11-13-19-34-57(35-20-14-12-10-8-5-2)49-37-41(54-59-58-53(63-54)40-30-33-52-48(36-40)46-25-17-18-27-51(46)62(52)6-3)28-31-44(49)45-32-29-42(38-50(45)57)55-60-61-56(64-55)47-26-21-23-39-22-15-16-24-43(39)47/h6,15-18,21-33,36-38H,3-5,7-14,19-20,34-35H2,1-2H3.